The van der Waals surface area contributed by atoms with Crippen molar-refractivity contribution < 1.29 is 0 Å². The summed E-state index contributed by atoms with van der Waals surface area (Å²) in [5.41, 5.74) is 1.29. The Kier molecular flexibility index (Phi) is 8.82. The van der Waals surface area contributed by atoms with Crippen molar-refractivity contribution in [1.82, 2.24) is 24.8 Å². The number of imidazole rings is 1. The van der Waals surface area contributed by atoms with Gasteiger partial charge in [-0.2, -0.15) is 0 Å². The number of aliphatic imine (C=N–C) groups is 1. The van der Waals surface area contributed by atoms with Crippen molar-refractivity contribution in [3.63, 3.8) is 0 Å². The first kappa shape index (κ1) is 22.3. The molecule has 7 heteroatoms. The largest absolute Gasteiger partial charge is 0.356 e. The summed E-state index contributed by atoms with van der Waals surface area (Å²) in [4.78, 5) is 8.76. The number of aromatic nitrogens is 3. The number of halogens is 1. The Balaban J connectivity index is 0.00000280. The topological polar surface area (TPSA) is 59.2 Å². The van der Waals surface area contributed by atoms with Gasteiger partial charge in [-0.25, -0.2) is 4.98 Å². The van der Waals surface area contributed by atoms with E-state index in [1.54, 1.807) is 7.05 Å². The fraction of sp³-hybridized carbons (Fsp3) is 0.429. The van der Waals surface area contributed by atoms with Crippen LogP contribution in [0.1, 0.15) is 26.1 Å². The number of para-hydroxylation sites is 1. The second kappa shape index (κ2) is 11.1. The zero-order valence-electron chi connectivity index (χ0n) is 16.9. The van der Waals surface area contributed by atoms with E-state index in [0.717, 1.165) is 37.8 Å². The van der Waals surface area contributed by atoms with Gasteiger partial charge in [0.2, 0.25) is 0 Å². The molecule has 0 aliphatic carbocycles. The highest BCUT2D eigenvalue weighted by Crippen LogP contribution is 2.15. The molecule has 0 saturated heterocycles. The molecule has 0 radical (unpaired) electrons. The number of hydrogen-bond acceptors (Lipinski definition) is 2. The molecule has 0 spiro atoms. The summed E-state index contributed by atoms with van der Waals surface area (Å²) < 4.78 is 4.50. The Hall–Kier alpha value is -2.03. The minimum atomic E-state index is 0. The lowest BCUT2D eigenvalue weighted by atomic mass is 10.2. The quantitative estimate of drug-likeness (QED) is 0.216. The van der Waals surface area contributed by atoms with Gasteiger partial charge in [-0.05, 0) is 29.9 Å². The van der Waals surface area contributed by atoms with E-state index in [4.69, 9.17) is 0 Å². The van der Waals surface area contributed by atoms with Gasteiger partial charge in [0.1, 0.15) is 5.82 Å². The molecule has 0 amide bonds. The van der Waals surface area contributed by atoms with Crippen molar-refractivity contribution in [3.05, 3.63) is 54.7 Å². The van der Waals surface area contributed by atoms with Crippen LogP contribution in [0.25, 0.3) is 10.9 Å². The van der Waals surface area contributed by atoms with Gasteiger partial charge in [-0.3, -0.25) is 4.99 Å². The van der Waals surface area contributed by atoms with Crippen LogP contribution in [-0.2, 0) is 19.6 Å². The predicted octanol–water partition coefficient (Wildman–Crippen LogP) is 3.87. The molecule has 3 aromatic rings. The zero-order valence-corrected chi connectivity index (χ0v) is 19.3. The molecule has 2 aromatic heterocycles. The first-order chi connectivity index (χ1) is 13.2. The number of fused-ring (bicyclic) bond motifs is 1. The molecule has 0 aliphatic heterocycles. The molecule has 0 atom stereocenters. The van der Waals surface area contributed by atoms with Crippen LogP contribution in [-0.4, -0.2) is 33.7 Å². The van der Waals surface area contributed by atoms with E-state index in [1.807, 2.05) is 12.4 Å². The molecular formula is C21H31IN6. The number of nitrogens with zero attached hydrogens (tertiary/aromatic N) is 4. The summed E-state index contributed by atoms with van der Waals surface area (Å²) in [5, 5.41) is 8.04. The maximum absolute atomic E-state index is 4.45. The number of rotatable bonds is 8. The van der Waals surface area contributed by atoms with Gasteiger partial charge in [0.05, 0.1) is 6.54 Å². The Morgan fingerprint density at radius 2 is 1.93 bits per heavy atom. The van der Waals surface area contributed by atoms with Gasteiger partial charge in [-0.1, -0.05) is 32.0 Å². The normalized spacial score (nSPS) is 11.6. The minimum absolute atomic E-state index is 0. The van der Waals surface area contributed by atoms with E-state index in [2.05, 4.69) is 80.1 Å². The Morgan fingerprint density at radius 1 is 1.11 bits per heavy atom. The Labute approximate surface area is 184 Å². The second-order valence-electron chi connectivity index (χ2n) is 7.16. The van der Waals surface area contributed by atoms with Gasteiger partial charge in [-0.15, -0.1) is 24.0 Å². The van der Waals surface area contributed by atoms with Crippen LogP contribution in [0, 0.1) is 5.92 Å². The number of guanidine groups is 1. The summed E-state index contributed by atoms with van der Waals surface area (Å²) in [6.45, 7) is 7.93. The molecule has 152 valence electrons. The minimum Gasteiger partial charge on any atom is -0.356 e. The van der Waals surface area contributed by atoms with Gasteiger partial charge >= 0.3 is 0 Å². The molecule has 0 bridgehead atoms. The summed E-state index contributed by atoms with van der Waals surface area (Å²) in [6.07, 6.45) is 7.08. The summed E-state index contributed by atoms with van der Waals surface area (Å²) in [6, 6.07) is 10.7. The molecule has 6 nitrogen and oxygen atoms in total. The fourth-order valence-electron chi connectivity index (χ4n) is 3.24. The van der Waals surface area contributed by atoms with Crippen LogP contribution in [0.2, 0.25) is 0 Å². The van der Waals surface area contributed by atoms with Crippen molar-refractivity contribution in [2.75, 3.05) is 13.6 Å². The molecule has 28 heavy (non-hydrogen) atoms. The lowest BCUT2D eigenvalue weighted by molar-refractivity contribution is 0.503. The average molecular weight is 494 g/mol. The van der Waals surface area contributed by atoms with Crippen LogP contribution in [0.5, 0.6) is 0 Å². The molecule has 3 rings (SSSR count). The number of hydrogen-bond donors (Lipinski definition) is 2. The van der Waals surface area contributed by atoms with E-state index in [0.29, 0.717) is 12.5 Å². The first-order valence-corrected chi connectivity index (χ1v) is 9.65. The Bertz CT molecular complexity index is 880. The molecule has 2 N–H and O–H groups in total. The zero-order chi connectivity index (χ0) is 19.1. The van der Waals surface area contributed by atoms with E-state index < -0.39 is 0 Å². The monoisotopic (exact) mass is 494 g/mol. The van der Waals surface area contributed by atoms with Crippen LogP contribution < -0.4 is 10.6 Å². The lowest BCUT2D eigenvalue weighted by Gasteiger charge is -2.14. The highest BCUT2D eigenvalue weighted by Gasteiger charge is 2.06. The molecule has 0 unspecified atom stereocenters. The molecular weight excluding hydrogens is 463 g/mol. The third-order valence-corrected chi connectivity index (χ3v) is 4.55. The van der Waals surface area contributed by atoms with Gasteiger partial charge in [0.25, 0.3) is 0 Å². The number of nitrogens with one attached hydrogen (secondary N) is 2. The predicted molar refractivity (Wildman–Crippen MR) is 127 cm³/mol. The van der Waals surface area contributed by atoms with Crippen molar-refractivity contribution in [3.8, 4) is 0 Å². The summed E-state index contributed by atoms with van der Waals surface area (Å²) in [7, 11) is 1.80. The third-order valence-electron chi connectivity index (χ3n) is 4.55. The van der Waals surface area contributed by atoms with Gasteiger partial charge in [0.15, 0.2) is 5.96 Å². The first-order valence-electron chi connectivity index (χ1n) is 9.65. The molecule has 0 saturated carbocycles. The van der Waals surface area contributed by atoms with Gasteiger partial charge < -0.3 is 19.8 Å². The molecule has 0 fully saturated rings. The van der Waals surface area contributed by atoms with E-state index in [1.165, 1.54) is 10.9 Å². The van der Waals surface area contributed by atoms with Crippen molar-refractivity contribution in [1.29, 1.82) is 0 Å². The fourth-order valence-corrected chi connectivity index (χ4v) is 3.24. The molecule has 2 heterocycles. The standard InChI is InChI=1S/C21H30N6.HI/c1-17(2)16-27-14-11-23-20(27)15-25-21(22-3)24-10-6-12-26-13-9-18-7-4-5-8-19(18)26;/h4-5,7-9,11,13-14,17H,6,10,12,15-16H2,1-3H3,(H2,22,24,25);1H. The van der Waals surface area contributed by atoms with Crippen LogP contribution in [0.3, 0.4) is 0 Å². The summed E-state index contributed by atoms with van der Waals surface area (Å²) >= 11 is 0. The summed E-state index contributed by atoms with van der Waals surface area (Å²) in [5.74, 6) is 2.44. The second-order valence-corrected chi connectivity index (χ2v) is 7.16. The van der Waals surface area contributed by atoms with Crippen LogP contribution in [0.4, 0.5) is 0 Å². The number of benzene rings is 1. The SMILES string of the molecule is CN=C(NCCCn1ccc2ccccc21)NCc1nccn1CC(C)C.I. The smallest absolute Gasteiger partial charge is 0.191 e. The van der Waals surface area contributed by atoms with Crippen LogP contribution in [0.15, 0.2) is 53.9 Å². The maximum Gasteiger partial charge on any atom is 0.191 e. The van der Waals surface area contributed by atoms with Crippen molar-refractivity contribution >= 4 is 40.8 Å². The average Bonchev–Trinajstić information content (AvgIpc) is 3.27. The molecule has 0 aliphatic rings. The van der Waals surface area contributed by atoms with E-state index in [-0.39, 0.29) is 24.0 Å². The molecule has 1 aromatic carbocycles. The highest BCUT2D eigenvalue weighted by molar-refractivity contribution is 14.0. The van der Waals surface area contributed by atoms with E-state index in [9.17, 15) is 0 Å². The third kappa shape index (κ3) is 5.98. The van der Waals surface area contributed by atoms with Crippen LogP contribution >= 0.6 is 24.0 Å². The van der Waals surface area contributed by atoms with Gasteiger partial charge in [0, 0.05) is 50.8 Å². The number of aryl methyl sites for hydroxylation is 1. The highest BCUT2D eigenvalue weighted by atomic mass is 127. The van der Waals surface area contributed by atoms with Crippen molar-refractivity contribution in [2.45, 2.75) is 39.9 Å². The maximum atomic E-state index is 4.45. The Morgan fingerprint density at radius 3 is 2.71 bits per heavy atom. The van der Waals surface area contributed by atoms with Crippen molar-refractivity contribution in [2.24, 2.45) is 10.9 Å². The lowest BCUT2D eigenvalue weighted by Crippen LogP contribution is -2.38. The van der Waals surface area contributed by atoms with E-state index >= 15 is 0 Å².